The van der Waals surface area contributed by atoms with E-state index in [4.69, 9.17) is 5.11 Å². The summed E-state index contributed by atoms with van der Waals surface area (Å²) in [6.45, 7) is 1.35. The van der Waals surface area contributed by atoms with Gasteiger partial charge in [0.15, 0.2) is 0 Å². The number of urea groups is 1. The Morgan fingerprint density at radius 3 is 2.52 bits per heavy atom. The first-order valence-corrected chi connectivity index (χ1v) is 7.94. The molecule has 0 aromatic rings. The van der Waals surface area contributed by atoms with Gasteiger partial charge in [-0.3, -0.25) is 4.79 Å². The number of piperidine rings is 1. The number of carboxylic acid groups (broad SMARTS) is 1. The maximum atomic E-state index is 12.5. The molecule has 1 heterocycles. The van der Waals surface area contributed by atoms with E-state index in [1.54, 1.807) is 4.90 Å². The number of nitrogens with one attached hydrogen (secondary N) is 1. The van der Waals surface area contributed by atoms with Gasteiger partial charge in [0.05, 0.1) is 12.0 Å². The van der Waals surface area contributed by atoms with Crippen LogP contribution >= 0.6 is 0 Å². The maximum Gasteiger partial charge on any atom is 0.317 e. The van der Waals surface area contributed by atoms with Gasteiger partial charge in [-0.15, -0.1) is 0 Å². The van der Waals surface area contributed by atoms with Crippen LogP contribution in [0, 0.1) is 5.92 Å². The highest BCUT2D eigenvalue weighted by Crippen LogP contribution is 2.31. The Bertz CT molecular complexity index is 380. The van der Waals surface area contributed by atoms with E-state index in [0.717, 1.165) is 44.9 Å². The molecule has 1 saturated heterocycles. The van der Waals surface area contributed by atoms with E-state index in [1.165, 1.54) is 0 Å². The number of hydrogen-bond donors (Lipinski definition) is 3. The molecule has 6 heteroatoms. The van der Waals surface area contributed by atoms with Crippen LogP contribution in [0.2, 0.25) is 0 Å². The van der Waals surface area contributed by atoms with Gasteiger partial charge in [0.1, 0.15) is 0 Å². The third-order valence-corrected chi connectivity index (χ3v) is 4.74. The van der Waals surface area contributed by atoms with Crippen LogP contribution in [0.5, 0.6) is 0 Å². The van der Waals surface area contributed by atoms with E-state index < -0.39 is 11.5 Å². The number of carboxylic acids is 1. The van der Waals surface area contributed by atoms with E-state index in [0.29, 0.717) is 13.1 Å². The number of carbonyl (C=O) groups excluding carboxylic acids is 1. The fraction of sp³-hybridized carbons (Fsp3) is 0.867. The van der Waals surface area contributed by atoms with Gasteiger partial charge in [0.2, 0.25) is 0 Å². The van der Waals surface area contributed by atoms with E-state index in [2.05, 4.69) is 5.32 Å². The van der Waals surface area contributed by atoms with Crippen molar-refractivity contribution in [2.24, 2.45) is 5.92 Å². The molecule has 6 nitrogen and oxygen atoms in total. The molecule has 1 saturated carbocycles. The number of aliphatic hydroxyl groups is 1. The number of amides is 2. The highest BCUT2D eigenvalue weighted by molar-refractivity contribution is 5.77. The Balaban J connectivity index is 1.98. The molecule has 1 aliphatic heterocycles. The lowest BCUT2D eigenvalue weighted by atomic mass is 9.79. The van der Waals surface area contributed by atoms with E-state index in [-0.39, 0.29) is 25.0 Å². The summed E-state index contributed by atoms with van der Waals surface area (Å²) in [4.78, 5) is 25.3. The van der Waals surface area contributed by atoms with Crippen LogP contribution in [0.15, 0.2) is 0 Å². The van der Waals surface area contributed by atoms with Crippen LogP contribution in [-0.2, 0) is 4.79 Å². The Labute approximate surface area is 125 Å². The fourth-order valence-corrected chi connectivity index (χ4v) is 3.57. The Morgan fingerprint density at radius 2 is 1.90 bits per heavy atom. The summed E-state index contributed by atoms with van der Waals surface area (Å²) in [5.41, 5.74) is -0.590. The lowest BCUT2D eigenvalue weighted by Gasteiger charge is -2.40. The predicted molar refractivity (Wildman–Crippen MR) is 78.0 cm³/mol. The second-order valence-corrected chi connectivity index (χ2v) is 6.48. The van der Waals surface area contributed by atoms with Crippen molar-refractivity contribution in [3.05, 3.63) is 0 Å². The molecule has 2 amide bonds. The van der Waals surface area contributed by atoms with Crippen LogP contribution in [0.3, 0.4) is 0 Å². The second-order valence-electron chi connectivity index (χ2n) is 6.48. The van der Waals surface area contributed by atoms with Gasteiger partial charge in [-0.1, -0.05) is 19.3 Å². The van der Waals surface area contributed by atoms with Gasteiger partial charge in [-0.2, -0.15) is 0 Å². The molecule has 0 aromatic carbocycles. The molecule has 2 aliphatic rings. The van der Waals surface area contributed by atoms with Crippen LogP contribution < -0.4 is 5.32 Å². The highest BCUT2D eigenvalue weighted by atomic mass is 16.4. The molecule has 3 N–H and O–H groups in total. The van der Waals surface area contributed by atoms with Gasteiger partial charge in [0.25, 0.3) is 0 Å². The van der Waals surface area contributed by atoms with Gasteiger partial charge < -0.3 is 20.4 Å². The largest absolute Gasteiger partial charge is 0.481 e. The number of rotatable bonds is 4. The summed E-state index contributed by atoms with van der Waals surface area (Å²) in [5, 5.41) is 21.4. The van der Waals surface area contributed by atoms with Crippen molar-refractivity contribution in [2.45, 2.75) is 56.9 Å². The number of aliphatic carboxylic acids is 1. The van der Waals surface area contributed by atoms with Gasteiger partial charge in [0, 0.05) is 19.7 Å². The molecule has 21 heavy (non-hydrogen) atoms. The van der Waals surface area contributed by atoms with E-state index in [1.807, 2.05) is 0 Å². The molecular weight excluding hydrogens is 272 g/mol. The minimum Gasteiger partial charge on any atom is -0.481 e. The fourth-order valence-electron chi connectivity index (χ4n) is 3.57. The second kappa shape index (κ2) is 7.11. The standard InChI is InChI=1S/C15H26N2O4/c18-11-12-5-4-8-17(10-12)14(21)16-15(9-13(19)20)6-2-1-3-7-15/h12,18H,1-11H2,(H,16,21)(H,19,20). The minimum absolute atomic E-state index is 0.00396. The molecule has 0 bridgehead atoms. The average molecular weight is 298 g/mol. The average Bonchev–Trinajstić information content (AvgIpc) is 2.47. The van der Waals surface area contributed by atoms with Gasteiger partial charge >= 0.3 is 12.0 Å². The summed E-state index contributed by atoms with van der Waals surface area (Å²) in [7, 11) is 0. The molecule has 2 fully saturated rings. The van der Waals surface area contributed by atoms with Crippen molar-refractivity contribution in [3.63, 3.8) is 0 Å². The van der Waals surface area contributed by atoms with Crippen molar-refractivity contribution >= 4 is 12.0 Å². The van der Waals surface area contributed by atoms with Crippen LogP contribution in [0.25, 0.3) is 0 Å². The van der Waals surface area contributed by atoms with E-state index in [9.17, 15) is 14.7 Å². The Kier molecular flexibility index (Phi) is 5.45. The van der Waals surface area contributed by atoms with Gasteiger partial charge in [-0.25, -0.2) is 4.79 Å². The third-order valence-electron chi connectivity index (χ3n) is 4.74. The van der Waals surface area contributed by atoms with Crippen molar-refractivity contribution in [1.29, 1.82) is 0 Å². The lowest BCUT2D eigenvalue weighted by Crippen LogP contribution is -2.56. The number of aliphatic hydroxyl groups excluding tert-OH is 1. The smallest absolute Gasteiger partial charge is 0.317 e. The van der Waals surface area contributed by atoms with Crippen molar-refractivity contribution in [1.82, 2.24) is 10.2 Å². The molecule has 1 atom stereocenters. The van der Waals surface area contributed by atoms with Crippen LogP contribution in [-0.4, -0.2) is 52.3 Å². The summed E-state index contributed by atoms with van der Waals surface area (Å²) in [6, 6.07) is -0.170. The monoisotopic (exact) mass is 298 g/mol. The molecule has 0 aromatic heterocycles. The minimum atomic E-state index is -0.857. The Morgan fingerprint density at radius 1 is 1.19 bits per heavy atom. The van der Waals surface area contributed by atoms with Crippen LogP contribution in [0.4, 0.5) is 4.79 Å². The Hall–Kier alpha value is -1.30. The normalized spacial score (nSPS) is 25.4. The number of carbonyl (C=O) groups is 2. The highest BCUT2D eigenvalue weighted by Gasteiger charge is 2.37. The maximum absolute atomic E-state index is 12.5. The zero-order valence-corrected chi connectivity index (χ0v) is 12.5. The zero-order valence-electron chi connectivity index (χ0n) is 12.5. The zero-order chi connectivity index (χ0) is 15.3. The molecule has 1 unspecified atom stereocenters. The van der Waals surface area contributed by atoms with E-state index >= 15 is 0 Å². The molecular formula is C15H26N2O4. The van der Waals surface area contributed by atoms with Crippen molar-refractivity contribution < 1.29 is 19.8 Å². The van der Waals surface area contributed by atoms with Gasteiger partial charge in [-0.05, 0) is 31.6 Å². The summed E-state index contributed by atoms with van der Waals surface area (Å²) >= 11 is 0. The van der Waals surface area contributed by atoms with Crippen LogP contribution in [0.1, 0.15) is 51.4 Å². The first-order chi connectivity index (χ1) is 10.0. The quantitative estimate of drug-likeness (QED) is 0.735. The molecule has 0 radical (unpaired) electrons. The molecule has 2 rings (SSSR count). The first-order valence-electron chi connectivity index (χ1n) is 7.94. The SMILES string of the molecule is O=C(O)CC1(NC(=O)N2CCCC(CO)C2)CCCCC1. The molecule has 0 spiro atoms. The molecule has 120 valence electrons. The van der Waals surface area contributed by atoms with Crippen molar-refractivity contribution in [3.8, 4) is 0 Å². The van der Waals surface area contributed by atoms with Crippen molar-refractivity contribution in [2.75, 3.05) is 19.7 Å². The summed E-state index contributed by atoms with van der Waals surface area (Å²) < 4.78 is 0. The number of likely N-dealkylation sites (tertiary alicyclic amines) is 1. The third kappa shape index (κ3) is 4.33. The number of hydrogen-bond acceptors (Lipinski definition) is 3. The number of nitrogens with zero attached hydrogens (tertiary/aromatic N) is 1. The summed E-state index contributed by atoms with van der Waals surface area (Å²) in [5.74, 6) is -0.713. The molecule has 1 aliphatic carbocycles. The lowest BCUT2D eigenvalue weighted by molar-refractivity contribution is -0.139. The summed E-state index contributed by atoms with van der Waals surface area (Å²) in [6.07, 6.45) is 6.35. The predicted octanol–water partition coefficient (Wildman–Crippen LogP) is 1.58. The topological polar surface area (TPSA) is 89.9 Å². The first kappa shape index (κ1) is 16.1.